The van der Waals surface area contributed by atoms with Crippen molar-refractivity contribution < 1.29 is 9.18 Å². The third kappa shape index (κ3) is 4.26. The van der Waals surface area contributed by atoms with E-state index in [2.05, 4.69) is 15.5 Å². The highest BCUT2D eigenvalue weighted by Gasteiger charge is 2.22. The molecule has 1 aromatic heterocycles. The molecule has 2 aromatic carbocycles. The van der Waals surface area contributed by atoms with Crippen molar-refractivity contribution >= 4 is 17.7 Å². The first-order chi connectivity index (χ1) is 12.5. The Morgan fingerprint density at radius 3 is 2.73 bits per heavy atom. The van der Waals surface area contributed by atoms with Crippen LogP contribution in [0.25, 0.3) is 5.69 Å². The first kappa shape index (κ1) is 18.1. The van der Waals surface area contributed by atoms with Crippen molar-refractivity contribution in [2.45, 2.75) is 23.9 Å². The summed E-state index contributed by atoms with van der Waals surface area (Å²) in [6, 6.07) is 15.7. The van der Waals surface area contributed by atoms with Crippen LogP contribution in [0.2, 0.25) is 0 Å². The van der Waals surface area contributed by atoms with Gasteiger partial charge < -0.3 is 4.90 Å². The van der Waals surface area contributed by atoms with Crippen LogP contribution >= 0.6 is 11.8 Å². The van der Waals surface area contributed by atoms with E-state index in [4.69, 9.17) is 0 Å². The summed E-state index contributed by atoms with van der Waals surface area (Å²) in [7, 11) is 1.70. The fourth-order valence-electron chi connectivity index (χ4n) is 2.49. The lowest BCUT2D eigenvalue weighted by Gasteiger charge is -2.21. The highest BCUT2D eigenvalue weighted by Crippen LogP contribution is 2.24. The van der Waals surface area contributed by atoms with Crippen molar-refractivity contribution in [3.63, 3.8) is 0 Å². The van der Waals surface area contributed by atoms with E-state index >= 15 is 0 Å². The second-order valence-electron chi connectivity index (χ2n) is 5.79. The van der Waals surface area contributed by atoms with Crippen LogP contribution in [0.3, 0.4) is 0 Å². The second-order valence-corrected chi connectivity index (χ2v) is 7.10. The number of rotatable bonds is 6. The first-order valence-electron chi connectivity index (χ1n) is 8.04. The minimum Gasteiger partial charge on any atom is -0.340 e. The number of tetrazole rings is 1. The molecule has 6 nitrogen and oxygen atoms in total. The summed E-state index contributed by atoms with van der Waals surface area (Å²) in [5.41, 5.74) is 1.57. The number of aromatic nitrogens is 4. The molecule has 3 aromatic rings. The van der Waals surface area contributed by atoms with Gasteiger partial charge in [-0.05, 0) is 47.2 Å². The molecule has 8 heteroatoms. The summed E-state index contributed by atoms with van der Waals surface area (Å²) in [6.07, 6.45) is 0. The number of hydrogen-bond donors (Lipinski definition) is 0. The number of hydrogen-bond acceptors (Lipinski definition) is 5. The molecule has 0 saturated heterocycles. The Kier molecular flexibility index (Phi) is 5.62. The summed E-state index contributed by atoms with van der Waals surface area (Å²) in [5, 5.41) is 11.9. The van der Waals surface area contributed by atoms with Crippen molar-refractivity contribution in [3.8, 4) is 5.69 Å². The minimum atomic E-state index is -0.387. The van der Waals surface area contributed by atoms with Crippen LogP contribution in [0.4, 0.5) is 4.39 Å². The summed E-state index contributed by atoms with van der Waals surface area (Å²) in [4.78, 5) is 14.2. The topological polar surface area (TPSA) is 63.9 Å². The van der Waals surface area contributed by atoms with E-state index in [1.165, 1.54) is 23.9 Å². The van der Waals surface area contributed by atoms with Crippen LogP contribution in [0, 0.1) is 5.82 Å². The van der Waals surface area contributed by atoms with Gasteiger partial charge in [0, 0.05) is 13.6 Å². The third-order valence-corrected chi connectivity index (χ3v) is 4.78. The maximum Gasteiger partial charge on any atom is 0.235 e. The highest BCUT2D eigenvalue weighted by molar-refractivity contribution is 8.00. The summed E-state index contributed by atoms with van der Waals surface area (Å²) < 4.78 is 14.9. The number of nitrogens with zero attached hydrogens (tertiary/aromatic N) is 5. The van der Waals surface area contributed by atoms with Crippen molar-refractivity contribution in [2.75, 3.05) is 7.05 Å². The van der Waals surface area contributed by atoms with E-state index in [9.17, 15) is 9.18 Å². The lowest BCUT2D eigenvalue weighted by molar-refractivity contribution is -0.129. The van der Waals surface area contributed by atoms with E-state index in [0.29, 0.717) is 11.7 Å². The molecule has 0 radical (unpaired) electrons. The standard InChI is InChI=1S/C18H18FN5OS/c1-13(17(25)23(2)12-14-7-6-8-15(19)11-14)26-18-20-21-22-24(18)16-9-4-3-5-10-16/h3-11,13H,12H2,1-2H3/t13-/m0/s1. The zero-order chi connectivity index (χ0) is 18.5. The molecule has 0 bridgehead atoms. The zero-order valence-corrected chi connectivity index (χ0v) is 15.2. The second kappa shape index (κ2) is 8.09. The highest BCUT2D eigenvalue weighted by atomic mass is 32.2. The van der Waals surface area contributed by atoms with Gasteiger partial charge in [-0.2, -0.15) is 4.68 Å². The number of halogens is 1. The van der Waals surface area contributed by atoms with E-state index in [1.807, 2.05) is 30.3 Å². The van der Waals surface area contributed by atoms with Gasteiger partial charge in [0.1, 0.15) is 5.82 Å². The average molecular weight is 371 g/mol. The van der Waals surface area contributed by atoms with Gasteiger partial charge in [-0.25, -0.2) is 4.39 Å². The monoisotopic (exact) mass is 371 g/mol. The predicted molar refractivity (Wildman–Crippen MR) is 97.3 cm³/mol. The molecule has 0 aliphatic carbocycles. The lowest BCUT2D eigenvalue weighted by atomic mass is 10.2. The summed E-state index contributed by atoms with van der Waals surface area (Å²) in [6.45, 7) is 2.14. The molecule has 134 valence electrons. The Morgan fingerprint density at radius 2 is 2.00 bits per heavy atom. The van der Waals surface area contributed by atoms with Gasteiger partial charge in [-0.15, -0.1) is 5.10 Å². The molecule has 0 aliphatic heterocycles. The molecular formula is C18H18FN5OS. The maximum absolute atomic E-state index is 13.3. The normalized spacial score (nSPS) is 12.0. The quantitative estimate of drug-likeness (QED) is 0.624. The average Bonchev–Trinajstić information content (AvgIpc) is 3.09. The number of carbonyl (C=O) groups excluding carboxylic acids is 1. The third-order valence-electron chi connectivity index (χ3n) is 3.76. The maximum atomic E-state index is 13.3. The van der Waals surface area contributed by atoms with Gasteiger partial charge in [0.2, 0.25) is 11.1 Å². The van der Waals surface area contributed by atoms with E-state index < -0.39 is 0 Å². The molecule has 0 unspecified atom stereocenters. The van der Waals surface area contributed by atoms with Crippen LogP contribution in [0.5, 0.6) is 0 Å². The fraction of sp³-hybridized carbons (Fsp3) is 0.222. The first-order valence-corrected chi connectivity index (χ1v) is 8.92. The number of amides is 1. The fourth-order valence-corrected chi connectivity index (χ4v) is 3.41. The van der Waals surface area contributed by atoms with E-state index in [1.54, 1.807) is 35.7 Å². The predicted octanol–water partition coefficient (Wildman–Crippen LogP) is 2.94. The molecule has 0 aliphatic rings. The van der Waals surface area contributed by atoms with Crippen molar-refractivity contribution in [1.29, 1.82) is 0 Å². The Labute approximate surface area is 155 Å². The molecule has 1 heterocycles. The molecule has 1 atom stereocenters. The van der Waals surface area contributed by atoms with Crippen LogP contribution in [-0.2, 0) is 11.3 Å². The molecule has 0 fully saturated rings. The molecule has 0 N–H and O–H groups in total. The van der Waals surface area contributed by atoms with Gasteiger partial charge >= 0.3 is 0 Å². The molecule has 1 amide bonds. The van der Waals surface area contributed by atoms with E-state index in [0.717, 1.165) is 11.3 Å². The number of carbonyl (C=O) groups is 1. The molecule has 0 saturated carbocycles. The Morgan fingerprint density at radius 1 is 1.23 bits per heavy atom. The molecule has 3 rings (SSSR count). The Hall–Kier alpha value is -2.74. The SMILES string of the molecule is C[C@H](Sc1nnnn1-c1ccccc1)C(=O)N(C)Cc1cccc(F)c1. The minimum absolute atomic E-state index is 0.0816. The van der Waals surface area contributed by atoms with Crippen LogP contribution in [-0.4, -0.2) is 43.3 Å². The molecule has 0 spiro atoms. The Balaban J connectivity index is 1.67. The van der Waals surface area contributed by atoms with Gasteiger partial charge in [0.25, 0.3) is 0 Å². The van der Waals surface area contributed by atoms with Crippen molar-refractivity contribution in [1.82, 2.24) is 25.1 Å². The van der Waals surface area contributed by atoms with Crippen LogP contribution in [0.15, 0.2) is 59.8 Å². The largest absolute Gasteiger partial charge is 0.340 e. The van der Waals surface area contributed by atoms with Crippen LogP contribution in [0.1, 0.15) is 12.5 Å². The van der Waals surface area contributed by atoms with Gasteiger partial charge in [-0.1, -0.05) is 42.1 Å². The summed E-state index contributed by atoms with van der Waals surface area (Å²) >= 11 is 1.28. The number of benzene rings is 2. The number of thioether (sulfide) groups is 1. The zero-order valence-electron chi connectivity index (χ0n) is 14.4. The van der Waals surface area contributed by atoms with Gasteiger partial charge in [-0.3, -0.25) is 4.79 Å². The lowest BCUT2D eigenvalue weighted by Crippen LogP contribution is -2.33. The smallest absolute Gasteiger partial charge is 0.235 e. The molecular weight excluding hydrogens is 353 g/mol. The van der Waals surface area contributed by atoms with Crippen molar-refractivity contribution in [3.05, 3.63) is 66.0 Å². The van der Waals surface area contributed by atoms with Gasteiger partial charge in [0.15, 0.2) is 0 Å². The number of para-hydroxylation sites is 1. The van der Waals surface area contributed by atoms with Gasteiger partial charge in [0.05, 0.1) is 10.9 Å². The van der Waals surface area contributed by atoms with E-state index in [-0.39, 0.29) is 17.0 Å². The molecule has 26 heavy (non-hydrogen) atoms. The van der Waals surface area contributed by atoms with Crippen molar-refractivity contribution in [2.24, 2.45) is 0 Å². The van der Waals surface area contributed by atoms with Crippen LogP contribution < -0.4 is 0 Å². The summed E-state index contributed by atoms with van der Waals surface area (Å²) in [5.74, 6) is -0.394. The Bertz CT molecular complexity index is 886.